The lowest BCUT2D eigenvalue weighted by atomic mass is 10.1. The molecule has 1 aliphatic heterocycles. The van der Waals surface area contributed by atoms with Gasteiger partial charge in [-0.2, -0.15) is 9.36 Å². The van der Waals surface area contributed by atoms with E-state index in [1.165, 1.54) is 24.4 Å². The Hall–Kier alpha value is -2.65. The number of nitrogens with zero attached hydrogens (tertiary/aromatic N) is 5. The second kappa shape index (κ2) is 8.23. The first kappa shape index (κ1) is 19.3. The van der Waals surface area contributed by atoms with Crippen LogP contribution in [0.3, 0.4) is 0 Å². The van der Waals surface area contributed by atoms with Crippen LogP contribution >= 0.6 is 11.5 Å². The van der Waals surface area contributed by atoms with Gasteiger partial charge < -0.3 is 10.1 Å². The third-order valence-electron chi connectivity index (χ3n) is 5.49. The molecule has 0 spiro atoms. The normalized spacial score (nSPS) is 22.1. The molecular weight excluding hydrogens is 403 g/mol. The summed E-state index contributed by atoms with van der Waals surface area (Å²) in [4.78, 5) is 15.5. The molecule has 4 heterocycles. The van der Waals surface area contributed by atoms with Crippen LogP contribution < -0.4 is 10.1 Å². The van der Waals surface area contributed by atoms with Crippen LogP contribution in [0.15, 0.2) is 36.7 Å². The summed E-state index contributed by atoms with van der Waals surface area (Å²) < 4.78 is 24.8. The fourth-order valence-corrected chi connectivity index (χ4v) is 4.24. The van der Waals surface area contributed by atoms with Crippen LogP contribution in [0, 0.1) is 6.92 Å². The molecule has 3 aromatic heterocycles. The second-order valence-corrected chi connectivity index (χ2v) is 8.54. The van der Waals surface area contributed by atoms with Crippen LogP contribution in [0.1, 0.15) is 24.8 Å². The van der Waals surface area contributed by atoms with Crippen LogP contribution in [0.2, 0.25) is 0 Å². The molecule has 1 saturated carbocycles. The molecule has 5 rings (SSSR count). The van der Waals surface area contributed by atoms with Crippen molar-refractivity contribution in [2.45, 2.75) is 44.5 Å². The SMILES string of the molecule is Cc1cccnc1Nc1nc(-c2ccc(OC3CCN(C4CC4)C[C@@H]3F)cn2)ns1. The first-order valence-corrected chi connectivity index (χ1v) is 11.0. The highest BCUT2D eigenvalue weighted by Gasteiger charge is 2.37. The lowest BCUT2D eigenvalue weighted by molar-refractivity contribution is 0.0188. The molecule has 0 aromatic carbocycles. The number of halogens is 1. The van der Waals surface area contributed by atoms with Crippen LogP contribution in [0.25, 0.3) is 11.5 Å². The van der Waals surface area contributed by atoms with E-state index < -0.39 is 12.3 Å². The van der Waals surface area contributed by atoms with Gasteiger partial charge in [-0.3, -0.25) is 4.90 Å². The van der Waals surface area contributed by atoms with E-state index >= 15 is 0 Å². The molecule has 30 heavy (non-hydrogen) atoms. The van der Waals surface area contributed by atoms with Crippen molar-refractivity contribution in [3.8, 4) is 17.3 Å². The summed E-state index contributed by atoms with van der Waals surface area (Å²) >= 11 is 1.25. The quantitative estimate of drug-likeness (QED) is 0.638. The lowest BCUT2D eigenvalue weighted by Crippen LogP contribution is -2.47. The van der Waals surface area contributed by atoms with E-state index in [9.17, 15) is 4.39 Å². The van der Waals surface area contributed by atoms with Crippen molar-refractivity contribution < 1.29 is 9.13 Å². The van der Waals surface area contributed by atoms with Crippen molar-refractivity contribution in [3.63, 3.8) is 0 Å². The largest absolute Gasteiger partial charge is 0.486 e. The minimum atomic E-state index is -0.970. The van der Waals surface area contributed by atoms with E-state index in [1.807, 2.05) is 19.1 Å². The van der Waals surface area contributed by atoms with Gasteiger partial charge in [-0.1, -0.05) is 6.07 Å². The van der Waals surface area contributed by atoms with Crippen molar-refractivity contribution >= 4 is 22.5 Å². The number of hydrogen-bond acceptors (Lipinski definition) is 8. The zero-order valence-electron chi connectivity index (χ0n) is 16.7. The Morgan fingerprint density at radius 1 is 1.20 bits per heavy atom. The second-order valence-electron chi connectivity index (χ2n) is 7.78. The molecule has 0 radical (unpaired) electrons. The number of aryl methyl sites for hydroxylation is 1. The van der Waals surface area contributed by atoms with Gasteiger partial charge in [-0.15, -0.1) is 0 Å². The van der Waals surface area contributed by atoms with Gasteiger partial charge in [-0.25, -0.2) is 14.4 Å². The summed E-state index contributed by atoms with van der Waals surface area (Å²) in [5.74, 6) is 1.86. The Kier molecular flexibility index (Phi) is 5.30. The highest BCUT2D eigenvalue weighted by molar-refractivity contribution is 7.09. The van der Waals surface area contributed by atoms with Crippen LogP contribution in [0.5, 0.6) is 5.75 Å². The topological polar surface area (TPSA) is 76.1 Å². The van der Waals surface area contributed by atoms with Gasteiger partial charge in [0.2, 0.25) is 5.13 Å². The number of nitrogens with one attached hydrogen (secondary N) is 1. The zero-order chi connectivity index (χ0) is 20.5. The number of anilines is 2. The summed E-state index contributed by atoms with van der Waals surface area (Å²) in [6, 6.07) is 8.08. The van der Waals surface area contributed by atoms with Crippen molar-refractivity contribution in [2.75, 3.05) is 18.4 Å². The molecule has 156 valence electrons. The number of piperidine rings is 1. The standard InChI is InChI=1S/C21H23FN6OS/c1-13-3-2-9-23-19(13)25-21-26-20(27-30-21)17-7-6-15(11-24-17)29-18-8-10-28(12-16(18)22)14-4-5-14/h2-3,6-7,9,11,14,16,18H,4-5,8,10,12H2,1H3,(H,23,25,26,27)/t16-,18?/m0/s1. The van der Waals surface area contributed by atoms with Gasteiger partial charge in [0.1, 0.15) is 29.5 Å². The molecule has 1 aliphatic carbocycles. The van der Waals surface area contributed by atoms with Gasteiger partial charge in [0.15, 0.2) is 5.82 Å². The van der Waals surface area contributed by atoms with Crippen molar-refractivity contribution in [2.24, 2.45) is 0 Å². The number of aromatic nitrogens is 4. The molecule has 2 fully saturated rings. The molecule has 7 nitrogen and oxygen atoms in total. The molecule has 3 aromatic rings. The molecule has 1 unspecified atom stereocenters. The number of alkyl halides is 1. The van der Waals surface area contributed by atoms with Crippen molar-refractivity contribution in [1.29, 1.82) is 0 Å². The predicted octanol–water partition coefficient (Wildman–Crippen LogP) is 4.00. The molecule has 0 bridgehead atoms. The Labute approximate surface area is 178 Å². The molecule has 1 N–H and O–H groups in total. The Morgan fingerprint density at radius 3 is 2.83 bits per heavy atom. The predicted molar refractivity (Wildman–Crippen MR) is 114 cm³/mol. The summed E-state index contributed by atoms with van der Waals surface area (Å²) in [6.07, 6.45) is 5.07. The maximum absolute atomic E-state index is 14.5. The lowest BCUT2D eigenvalue weighted by Gasteiger charge is -2.34. The zero-order valence-corrected chi connectivity index (χ0v) is 17.5. The monoisotopic (exact) mass is 426 g/mol. The van der Waals surface area contributed by atoms with E-state index in [-0.39, 0.29) is 0 Å². The molecule has 9 heteroatoms. The van der Waals surface area contributed by atoms with Gasteiger partial charge in [0.05, 0.1) is 6.20 Å². The summed E-state index contributed by atoms with van der Waals surface area (Å²) in [5, 5.41) is 3.83. The number of pyridine rings is 2. The number of rotatable bonds is 6. The minimum absolute atomic E-state index is 0.414. The van der Waals surface area contributed by atoms with E-state index in [4.69, 9.17) is 4.74 Å². The summed E-state index contributed by atoms with van der Waals surface area (Å²) in [5.41, 5.74) is 1.67. The first-order valence-electron chi connectivity index (χ1n) is 10.2. The van der Waals surface area contributed by atoms with Gasteiger partial charge in [0.25, 0.3) is 0 Å². The van der Waals surface area contributed by atoms with Crippen LogP contribution in [-0.2, 0) is 0 Å². The third-order valence-corrected chi connectivity index (χ3v) is 6.12. The van der Waals surface area contributed by atoms with Gasteiger partial charge in [-0.05, 0) is 49.9 Å². The summed E-state index contributed by atoms with van der Waals surface area (Å²) in [7, 11) is 0. The third kappa shape index (κ3) is 4.27. The summed E-state index contributed by atoms with van der Waals surface area (Å²) in [6.45, 7) is 3.35. The Bertz CT molecular complexity index is 1010. The van der Waals surface area contributed by atoms with Crippen LogP contribution in [-0.4, -0.2) is 55.6 Å². The number of hydrogen-bond donors (Lipinski definition) is 1. The van der Waals surface area contributed by atoms with Crippen LogP contribution in [0.4, 0.5) is 15.3 Å². The maximum atomic E-state index is 14.5. The average Bonchev–Trinajstić information content (AvgIpc) is 3.51. The van der Waals surface area contributed by atoms with Crippen molar-refractivity contribution in [1.82, 2.24) is 24.2 Å². The Morgan fingerprint density at radius 2 is 2.10 bits per heavy atom. The first-order chi connectivity index (χ1) is 14.7. The molecule has 2 atom stereocenters. The molecular formula is C21H23FN6OS. The fraction of sp³-hybridized carbons (Fsp3) is 0.429. The Balaban J connectivity index is 1.21. The molecule has 1 saturated heterocycles. The van der Waals surface area contributed by atoms with E-state index in [0.717, 1.165) is 17.9 Å². The number of ether oxygens (including phenoxy) is 1. The van der Waals surface area contributed by atoms with Gasteiger partial charge >= 0.3 is 0 Å². The molecule has 2 aliphatic rings. The van der Waals surface area contributed by atoms with E-state index in [0.29, 0.717) is 41.4 Å². The number of likely N-dealkylation sites (tertiary alicyclic amines) is 1. The molecule has 0 amide bonds. The maximum Gasteiger partial charge on any atom is 0.208 e. The van der Waals surface area contributed by atoms with E-state index in [2.05, 4.69) is 29.5 Å². The highest BCUT2D eigenvalue weighted by atomic mass is 32.1. The highest BCUT2D eigenvalue weighted by Crippen LogP contribution is 2.31. The van der Waals surface area contributed by atoms with Crippen molar-refractivity contribution in [3.05, 3.63) is 42.2 Å². The average molecular weight is 427 g/mol. The van der Waals surface area contributed by atoms with Gasteiger partial charge in [0, 0.05) is 36.9 Å². The minimum Gasteiger partial charge on any atom is -0.486 e. The van der Waals surface area contributed by atoms with E-state index in [1.54, 1.807) is 24.5 Å². The smallest absolute Gasteiger partial charge is 0.208 e. The fourth-order valence-electron chi connectivity index (χ4n) is 3.66.